The van der Waals surface area contributed by atoms with Crippen molar-refractivity contribution < 1.29 is 16.8 Å². The molecule has 0 aliphatic heterocycles. The Labute approximate surface area is 159 Å². The van der Waals surface area contributed by atoms with E-state index in [0.717, 1.165) is 0 Å². The lowest BCUT2D eigenvalue weighted by molar-refractivity contribution is 0.578. The summed E-state index contributed by atoms with van der Waals surface area (Å²) >= 11 is 21.1. The highest BCUT2D eigenvalue weighted by Gasteiger charge is 2.22. The number of rotatable bonds is 5. The molecular weight excluding hydrogens is 442 g/mol. The van der Waals surface area contributed by atoms with Crippen LogP contribution in [0, 0.1) is 0 Å². The van der Waals surface area contributed by atoms with Crippen LogP contribution in [0.4, 0.5) is 0 Å². The van der Waals surface area contributed by atoms with Crippen LogP contribution in [0.15, 0.2) is 58.3 Å². The Balaban J connectivity index is 2.34. The molecule has 6 nitrogen and oxygen atoms in total. The van der Waals surface area contributed by atoms with Gasteiger partial charge >= 0.3 is 0 Å². The van der Waals surface area contributed by atoms with E-state index in [2.05, 4.69) is 0 Å². The third-order valence-electron chi connectivity index (χ3n) is 3.00. The molecule has 0 amide bonds. The van der Waals surface area contributed by atoms with Crippen LogP contribution in [-0.4, -0.2) is 23.5 Å². The molecule has 0 aliphatic carbocycles. The normalized spacial score (nSPS) is 12.8. The zero-order valence-electron chi connectivity index (χ0n) is 11.5. The van der Waals surface area contributed by atoms with E-state index in [4.69, 9.17) is 47.1 Å². The van der Waals surface area contributed by atoms with Crippen molar-refractivity contribution in [2.45, 2.75) is 9.79 Å². The number of halogens is 4. The van der Waals surface area contributed by atoms with Gasteiger partial charge in [0.15, 0.2) is 0 Å². The van der Waals surface area contributed by atoms with Crippen LogP contribution < -0.4 is 0 Å². The van der Waals surface area contributed by atoms with Gasteiger partial charge in [-0.2, -0.15) is 0 Å². The standard InChI is InChI=1S/C12H8Cl4N2O4S2/c13-17(14)23(19,20)11-5-1-9(2-6-11)10-3-7-12(8-4-10)24(21,22)18(15)16/h1-8H. The van der Waals surface area contributed by atoms with Crippen molar-refractivity contribution in [3.8, 4) is 11.1 Å². The molecule has 2 aromatic carbocycles. The van der Waals surface area contributed by atoms with E-state index >= 15 is 0 Å². The minimum Gasteiger partial charge on any atom is -0.204 e. The second kappa shape index (κ2) is 7.35. The lowest BCUT2D eigenvalue weighted by Crippen LogP contribution is -2.12. The average molecular weight is 450 g/mol. The summed E-state index contributed by atoms with van der Waals surface area (Å²) in [7, 11) is -7.92. The summed E-state index contributed by atoms with van der Waals surface area (Å²) in [6.45, 7) is 0. The molecule has 0 N–H and O–H groups in total. The summed E-state index contributed by atoms with van der Waals surface area (Å²) in [5.74, 6) is 0. The van der Waals surface area contributed by atoms with Gasteiger partial charge in [0.2, 0.25) is 0 Å². The second-order valence-corrected chi connectivity index (χ2v) is 10.5. The van der Waals surface area contributed by atoms with Crippen molar-refractivity contribution in [2.75, 3.05) is 0 Å². The largest absolute Gasteiger partial charge is 0.270 e. The Morgan fingerprint density at radius 3 is 1.00 bits per heavy atom. The molecule has 130 valence electrons. The number of nitrogens with zero attached hydrogens (tertiary/aromatic N) is 2. The molecule has 0 fully saturated rings. The maximum atomic E-state index is 11.8. The molecular formula is C12H8Cl4N2O4S2. The van der Waals surface area contributed by atoms with Crippen LogP contribution >= 0.6 is 47.1 Å². The van der Waals surface area contributed by atoms with Gasteiger partial charge in [-0.05, 0) is 42.1 Å². The Kier molecular flexibility index (Phi) is 6.04. The second-order valence-electron chi connectivity index (χ2n) is 4.40. The molecule has 0 radical (unpaired) electrons. The molecule has 2 rings (SSSR count). The third-order valence-corrected chi connectivity index (χ3v) is 7.64. The first-order valence-electron chi connectivity index (χ1n) is 6.01. The first-order chi connectivity index (χ1) is 11.1. The Morgan fingerprint density at radius 2 is 0.792 bits per heavy atom. The number of hydrogen-bond donors (Lipinski definition) is 0. The fourth-order valence-electron chi connectivity index (χ4n) is 1.80. The van der Waals surface area contributed by atoms with Crippen LogP contribution in [0.2, 0.25) is 0 Å². The van der Waals surface area contributed by atoms with E-state index in [-0.39, 0.29) is 16.5 Å². The van der Waals surface area contributed by atoms with Crippen molar-refractivity contribution in [3.05, 3.63) is 48.5 Å². The number of sulfonamides is 2. The van der Waals surface area contributed by atoms with E-state index in [1.807, 2.05) is 0 Å². The van der Waals surface area contributed by atoms with Crippen LogP contribution in [0.25, 0.3) is 11.1 Å². The average Bonchev–Trinajstić information content (AvgIpc) is 2.54. The highest BCUT2D eigenvalue weighted by atomic mass is 35.6. The molecule has 0 atom stereocenters. The van der Waals surface area contributed by atoms with E-state index in [0.29, 0.717) is 11.1 Å². The summed E-state index contributed by atoms with van der Waals surface area (Å²) in [5, 5.41) is 0. The fraction of sp³-hybridized carbons (Fsp3) is 0. The highest BCUT2D eigenvalue weighted by Crippen LogP contribution is 2.27. The molecule has 0 saturated carbocycles. The van der Waals surface area contributed by atoms with Crippen molar-refractivity contribution >= 4 is 67.2 Å². The van der Waals surface area contributed by atoms with Crippen LogP contribution in [0.5, 0.6) is 0 Å². The molecule has 0 bridgehead atoms. The summed E-state index contributed by atoms with van der Waals surface area (Å²) in [6.07, 6.45) is 0. The lowest BCUT2D eigenvalue weighted by atomic mass is 10.1. The molecule has 0 heterocycles. The van der Waals surface area contributed by atoms with Gasteiger partial charge in [0.1, 0.15) is 0 Å². The summed E-state index contributed by atoms with van der Waals surface area (Å²) < 4.78 is 47.2. The van der Waals surface area contributed by atoms with E-state index in [1.54, 1.807) is 0 Å². The van der Waals surface area contributed by atoms with Gasteiger partial charge in [0.25, 0.3) is 20.0 Å². The maximum absolute atomic E-state index is 11.8. The first kappa shape index (κ1) is 19.7. The van der Waals surface area contributed by atoms with Gasteiger partial charge in [-0.15, -0.1) is 0 Å². The first-order valence-corrected chi connectivity index (χ1v) is 10.2. The fourth-order valence-corrected chi connectivity index (χ4v) is 4.03. The van der Waals surface area contributed by atoms with Gasteiger partial charge < -0.3 is 0 Å². The predicted molar refractivity (Wildman–Crippen MR) is 93.3 cm³/mol. The zero-order valence-corrected chi connectivity index (χ0v) is 16.1. The van der Waals surface area contributed by atoms with Crippen LogP contribution in [0.3, 0.4) is 0 Å². The van der Waals surface area contributed by atoms with Gasteiger partial charge in [-0.25, -0.2) is 16.8 Å². The highest BCUT2D eigenvalue weighted by molar-refractivity contribution is 7.91. The van der Waals surface area contributed by atoms with E-state index < -0.39 is 20.0 Å². The Hall–Kier alpha value is -0.580. The van der Waals surface area contributed by atoms with Crippen LogP contribution in [-0.2, 0) is 20.0 Å². The third kappa shape index (κ3) is 3.97. The molecule has 0 spiro atoms. The van der Waals surface area contributed by atoms with Crippen molar-refractivity contribution in [1.82, 2.24) is 6.69 Å². The minimum atomic E-state index is -3.96. The zero-order chi connectivity index (χ0) is 18.1. The van der Waals surface area contributed by atoms with Gasteiger partial charge in [0.05, 0.1) is 9.79 Å². The minimum absolute atomic E-state index is 0.0751. The van der Waals surface area contributed by atoms with Gasteiger partial charge in [-0.3, -0.25) is 0 Å². The summed E-state index contributed by atoms with van der Waals surface area (Å²) in [4.78, 5) is -0.175. The molecule has 0 saturated heterocycles. The lowest BCUT2D eigenvalue weighted by Gasteiger charge is -2.09. The molecule has 2 aromatic rings. The maximum Gasteiger partial charge on any atom is 0.270 e. The predicted octanol–water partition coefficient (Wildman–Crippen LogP) is 3.95. The summed E-state index contributed by atoms with van der Waals surface area (Å²) in [5.41, 5.74) is 1.31. The van der Waals surface area contributed by atoms with Crippen molar-refractivity contribution in [2.24, 2.45) is 0 Å². The quantitative estimate of drug-likeness (QED) is 0.647. The molecule has 0 unspecified atom stereocenters. The van der Waals surface area contributed by atoms with Gasteiger partial charge in [0, 0.05) is 47.1 Å². The van der Waals surface area contributed by atoms with E-state index in [1.165, 1.54) is 48.5 Å². The summed E-state index contributed by atoms with van der Waals surface area (Å²) in [6, 6.07) is 11.4. The smallest absolute Gasteiger partial charge is 0.204 e. The molecule has 12 heteroatoms. The number of hydrogen-bond acceptors (Lipinski definition) is 4. The topological polar surface area (TPSA) is 74.8 Å². The molecule has 24 heavy (non-hydrogen) atoms. The van der Waals surface area contributed by atoms with Gasteiger partial charge in [-0.1, -0.05) is 24.3 Å². The van der Waals surface area contributed by atoms with Crippen molar-refractivity contribution in [3.63, 3.8) is 0 Å². The van der Waals surface area contributed by atoms with E-state index in [9.17, 15) is 16.8 Å². The molecule has 0 aliphatic rings. The SMILES string of the molecule is O=S(=O)(c1ccc(-c2ccc(S(=O)(=O)N(Cl)Cl)cc2)cc1)N(Cl)Cl. The monoisotopic (exact) mass is 448 g/mol. The molecule has 0 aromatic heterocycles. The van der Waals surface area contributed by atoms with Crippen LogP contribution in [0.1, 0.15) is 0 Å². The Bertz CT molecular complexity index is 849. The van der Waals surface area contributed by atoms with Crippen molar-refractivity contribution in [1.29, 1.82) is 0 Å². The number of benzene rings is 2. The Morgan fingerprint density at radius 1 is 0.542 bits per heavy atom.